The number of benzene rings is 1. The first-order valence-electron chi connectivity index (χ1n) is 4.41. The van der Waals surface area contributed by atoms with Crippen molar-refractivity contribution >= 4 is 38.5 Å². The summed E-state index contributed by atoms with van der Waals surface area (Å²) in [5, 5.41) is 0. The van der Waals surface area contributed by atoms with Crippen LogP contribution in [0.15, 0.2) is 45.7 Å². The van der Waals surface area contributed by atoms with Crippen molar-refractivity contribution in [2.24, 2.45) is 5.73 Å². The third kappa shape index (κ3) is 2.43. The van der Waals surface area contributed by atoms with Gasteiger partial charge in [-0.3, -0.25) is 0 Å². The Morgan fingerprint density at radius 1 is 1.33 bits per heavy atom. The molecule has 2 aromatic rings. The molecule has 0 aliphatic carbocycles. The highest BCUT2D eigenvalue weighted by molar-refractivity contribution is 14.1. The molecule has 2 rings (SSSR count). The summed E-state index contributed by atoms with van der Waals surface area (Å²) >= 11 is 5.73. The molecule has 0 bridgehead atoms. The zero-order valence-electron chi connectivity index (χ0n) is 7.78. The SMILES string of the molecule is NC(c1ccoc1)c1cc(Br)ccc1I. The minimum Gasteiger partial charge on any atom is -0.472 e. The first-order valence-corrected chi connectivity index (χ1v) is 6.28. The van der Waals surface area contributed by atoms with Crippen molar-refractivity contribution in [3.63, 3.8) is 0 Å². The van der Waals surface area contributed by atoms with E-state index in [9.17, 15) is 0 Å². The fourth-order valence-corrected chi connectivity index (χ4v) is 2.43. The van der Waals surface area contributed by atoms with Crippen molar-refractivity contribution in [3.05, 3.63) is 56.0 Å². The number of rotatable bonds is 2. The van der Waals surface area contributed by atoms with E-state index in [2.05, 4.69) is 38.5 Å². The van der Waals surface area contributed by atoms with Gasteiger partial charge in [-0.05, 0) is 52.4 Å². The van der Waals surface area contributed by atoms with Crippen LogP contribution in [0.25, 0.3) is 0 Å². The lowest BCUT2D eigenvalue weighted by molar-refractivity contribution is 0.562. The Kier molecular flexibility index (Phi) is 3.48. The lowest BCUT2D eigenvalue weighted by Crippen LogP contribution is -2.12. The molecular weight excluding hydrogens is 369 g/mol. The molecule has 4 heteroatoms. The zero-order valence-corrected chi connectivity index (χ0v) is 11.5. The van der Waals surface area contributed by atoms with Crippen molar-refractivity contribution in [2.75, 3.05) is 0 Å². The Labute approximate surface area is 110 Å². The van der Waals surface area contributed by atoms with Gasteiger partial charge in [0.1, 0.15) is 0 Å². The lowest BCUT2D eigenvalue weighted by atomic mass is 10.0. The molecule has 2 nitrogen and oxygen atoms in total. The van der Waals surface area contributed by atoms with E-state index in [1.165, 1.54) is 0 Å². The maximum Gasteiger partial charge on any atom is 0.0953 e. The minimum absolute atomic E-state index is 0.131. The van der Waals surface area contributed by atoms with Gasteiger partial charge in [0.05, 0.1) is 18.6 Å². The second-order valence-corrected chi connectivity index (χ2v) is 5.28. The van der Waals surface area contributed by atoms with Crippen molar-refractivity contribution in [2.45, 2.75) is 6.04 Å². The first kappa shape index (κ1) is 11.2. The third-order valence-corrected chi connectivity index (χ3v) is 3.67. The summed E-state index contributed by atoms with van der Waals surface area (Å²) in [6, 6.07) is 7.85. The van der Waals surface area contributed by atoms with Gasteiger partial charge in [0.2, 0.25) is 0 Å². The van der Waals surface area contributed by atoms with Gasteiger partial charge in [-0.25, -0.2) is 0 Å². The minimum atomic E-state index is -0.131. The molecule has 0 radical (unpaired) electrons. The highest BCUT2D eigenvalue weighted by atomic mass is 127. The molecule has 78 valence electrons. The van der Waals surface area contributed by atoms with Gasteiger partial charge in [0.25, 0.3) is 0 Å². The predicted molar refractivity (Wildman–Crippen MR) is 71.6 cm³/mol. The Morgan fingerprint density at radius 2 is 2.13 bits per heavy atom. The summed E-state index contributed by atoms with van der Waals surface area (Å²) in [6.45, 7) is 0. The van der Waals surface area contributed by atoms with Crippen LogP contribution in [0.1, 0.15) is 17.2 Å². The molecule has 0 aliphatic heterocycles. The maximum absolute atomic E-state index is 6.14. The normalized spacial score (nSPS) is 12.7. The standard InChI is InChI=1S/C11H9BrINO/c12-8-1-2-10(13)9(5-8)11(14)7-3-4-15-6-7/h1-6,11H,14H2. The van der Waals surface area contributed by atoms with Crippen LogP contribution >= 0.6 is 38.5 Å². The number of hydrogen-bond donors (Lipinski definition) is 1. The van der Waals surface area contributed by atoms with Crippen molar-refractivity contribution in [3.8, 4) is 0 Å². The van der Waals surface area contributed by atoms with Crippen molar-refractivity contribution in [1.82, 2.24) is 0 Å². The molecule has 0 amide bonds. The van der Waals surface area contributed by atoms with E-state index in [4.69, 9.17) is 10.2 Å². The van der Waals surface area contributed by atoms with Gasteiger partial charge >= 0.3 is 0 Å². The Hall–Kier alpha value is -0.330. The van der Waals surface area contributed by atoms with E-state index < -0.39 is 0 Å². The van der Waals surface area contributed by atoms with Crippen LogP contribution in [-0.4, -0.2) is 0 Å². The smallest absolute Gasteiger partial charge is 0.0953 e. The molecular formula is C11H9BrINO. The lowest BCUT2D eigenvalue weighted by Gasteiger charge is -2.12. The van der Waals surface area contributed by atoms with Crippen molar-refractivity contribution in [1.29, 1.82) is 0 Å². The molecule has 0 aliphatic rings. The molecule has 1 aromatic heterocycles. The molecule has 0 fully saturated rings. The monoisotopic (exact) mass is 377 g/mol. The quantitative estimate of drug-likeness (QED) is 0.810. The highest BCUT2D eigenvalue weighted by Gasteiger charge is 2.13. The Balaban J connectivity index is 2.41. The largest absolute Gasteiger partial charge is 0.472 e. The molecule has 0 saturated heterocycles. The molecule has 1 atom stereocenters. The van der Waals surface area contributed by atoms with Crippen LogP contribution < -0.4 is 5.73 Å². The fourth-order valence-electron chi connectivity index (χ4n) is 1.38. The van der Waals surface area contributed by atoms with Crippen LogP contribution in [0.2, 0.25) is 0 Å². The summed E-state index contributed by atoms with van der Waals surface area (Å²) in [4.78, 5) is 0. The zero-order chi connectivity index (χ0) is 10.8. The topological polar surface area (TPSA) is 39.2 Å². The molecule has 2 N–H and O–H groups in total. The van der Waals surface area contributed by atoms with Crippen LogP contribution in [0.4, 0.5) is 0 Å². The van der Waals surface area contributed by atoms with Gasteiger partial charge in [0.15, 0.2) is 0 Å². The van der Waals surface area contributed by atoms with E-state index >= 15 is 0 Å². The van der Waals surface area contributed by atoms with Gasteiger partial charge in [0, 0.05) is 13.6 Å². The van der Waals surface area contributed by atoms with E-state index in [0.717, 1.165) is 19.2 Å². The second kappa shape index (κ2) is 4.67. The molecule has 0 spiro atoms. The predicted octanol–water partition coefficient (Wildman–Crippen LogP) is 3.69. The fraction of sp³-hybridized carbons (Fsp3) is 0.0909. The van der Waals surface area contributed by atoms with Gasteiger partial charge in [-0.1, -0.05) is 15.9 Å². The van der Waals surface area contributed by atoms with E-state index in [1.54, 1.807) is 12.5 Å². The number of hydrogen-bond acceptors (Lipinski definition) is 2. The molecule has 0 saturated carbocycles. The highest BCUT2D eigenvalue weighted by Crippen LogP contribution is 2.27. The van der Waals surface area contributed by atoms with E-state index in [-0.39, 0.29) is 6.04 Å². The van der Waals surface area contributed by atoms with Crippen molar-refractivity contribution < 1.29 is 4.42 Å². The Bertz CT molecular complexity index is 456. The summed E-state index contributed by atoms with van der Waals surface area (Å²) in [5.74, 6) is 0. The molecule has 15 heavy (non-hydrogen) atoms. The molecule has 1 aromatic carbocycles. The Morgan fingerprint density at radius 3 is 2.80 bits per heavy atom. The van der Waals surface area contributed by atoms with Crippen LogP contribution in [-0.2, 0) is 0 Å². The first-order chi connectivity index (χ1) is 7.18. The number of furan rings is 1. The summed E-state index contributed by atoms with van der Waals surface area (Å²) in [6.07, 6.45) is 3.32. The molecule has 1 heterocycles. The second-order valence-electron chi connectivity index (χ2n) is 3.20. The van der Waals surface area contributed by atoms with Crippen LogP contribution in [0.3, 0.4) is 0 Å². The summed E-state index contributed by atoms with van der Waals surface area (Å²) < 4.78 is 7.23. The van der Waals surface area contributed by atoms with Crippen LogP contribution in [0, 0.1) is 3.57 Å². The van der Waals surface area contributed by atoms with Gasteiger partial charge in [-0.2, -0.15) is 0 Å². The third-order valence-electron chi connectivity index (χ3n) is 2.20. The van der Waals surface area contributed by atoms with Gasteiger partial charge in [-0.15, -0.1) is 0 Å². The summed E-state index contributed by atoms with van der Waals surface area (Å²) in [7, 11) is 0. The average Bonchev–Trinajstić information content (AvgIpc) is 2.74. The average molecular weight is 378 g/mol. The summed E-state index contributed by atoms with van der Waals surface area (Å²) in [5.41, 5.74) is 8.24. The van der Waals surface area contributed by atoms with E-state index in [1.807, 2.05) is 24.3 Å². The number of nitrogens with two attached hydrogens (primary N) is 1. The van der Waals surface area contributed by atoms with Gasteiger partial charge < -0.3 is 10.2 Å². The number of halogens is 2. The van der Waals surface area contributed by atoms with E-state index in [0.29, 0.717) is 0 Å². The molecule has 1 unspecified atom stereocenters. The van der Waals surface area contributed by atoms with Crippen LogP contribution in [0.5, 0.6) is 0 Å². The maximum atomic E-state index is 6.14.